The predicted octanol–water partition coefficient (Wildman–Crippen LogP) is 3.64. The van der Waals surface area contributed by atoms with Gasteiger partial charge in [-0.25, -0.2) is 14.0 Å². The van der Waals surface area contributed by atoms with Crippen LogP contribution in [0.1, 0.15) is 11.1 Å². The Morgan fingerprint density at radius 1 is 1.04 bits per heavy atom. The number of alkyl halides is 3. The highest BCUT2D eigenvalue weighted by Gasteiger charge is 2.35. The second-order valence-corrected chi connectivity index (χ2v) is 5.43. The normalized spacial score (nSPS) is 14.3. The van der Waals surface area contributed by atoms with Crippen molar-refractivity contribution in [3.63, 3.8) is 0 Å². The van der Waals surface area contributed by atoms with Gasteiger partial charge in [0.05, 0.1) is 31.0 Å². The number of carbonyl (C=O) groups excluding carboxylic acids is 2. The third kappa shape index (κ3) is 4.02. The summed E-state index contributed by atoms with van der Waals surface area (Å²) >= 11 is 0. The first-order valence-electron chi connectivity index (χ1n) is 7.54. The van der Waals surface area contributed by atoms with Crippen LogP contribution < -0.4 is 4.90 Å². The van der Waals surface area contributed by atoms with E-state index >= 15 is 0 Å². The van der Waals surface area contributed by atoms with E-state index < -0.39 is 35.2 Å². The zero-order chi connectivity index (χ0) is 20.4. The first-order valence-corrected chi connectivity index (χ1v) is 7.54. The number of ether oxygens (including phenoxy) is 2. The molecule has 0 fully saturated rings. The molecule has 0 bridgehead atoms. The molecule has 1 aromatic carbocycles. The van der Waals surface area contributed by atoms with E-state index in [-0.39, 0.29) is 16.8 Å². The molecular weight excluding hydrogens is 370 g/mol. The highest BCUT2D eigenvalue weighted by molar-refractivity contribution is 6.05. The van der Waals surface area contributed by atoms with Crippen LogP contribution in [0.25, 0.3) is 0 Å². The quantitative estimate of drug-likeness (QED) is 0.587. The van der Waals surface area contributed by atoms with Crippen LogP contribution in [0.5, 0.6) is 0 Å². The van der Waals surface area contributed by atoms with Gasteiger partial charge in [0.15, 0.2) is 0 Å². The monoisotopic (exact) mass is 385 g/mol. The second kappa shape index (κ2) is 7.65. The molecule has 0 spiro atoms. The summed E-state index contributed by atoms with van der Waals surface area (Å²) in [6.07, 6.45) is 0.514. The van der Waals surface area contributed by atoms with Gasteiger partial charge in [0.1, 0.15) is 11.5 Å². The Labute approximate surface area is 152 Å². The molecule has 1 heterocycles. The fourth-order valence-corrected chi connectivity index (χ4v) is 2.51. The van der Waals surface area contributed by atoms with E-state index in [0.29, 0.717) is 6.07 Å². The minimum Gasteiger partial charge on any atom is -0.465 e. The molecule has 0 atom stereocenters. The predicted molar refractivity (Wildman–Crippen MR) is 88.0 cm³/mol. The summed E-state index contributed by atoms with van der Waals surface area (Å²) in [5, 5.41) is 0. The van der Waals surface area contributed by atoms with Crippen molar-refractivity contribution >= 4 is 17.6 Å². The average molecular weight is 385 g/mol. The Bertz CT molecular complexity index is 869. The molecule has 0 aromatic heterocycles. The number of methoxy groups -OCH3 is 2. The summed E-state index contributed by atoms with van der Waals surface area (Å²) in [7, 11) is 2.14. The van der Waals surface area contributed by atoms with Crippen molar-refractivity contribution in [2.24, 2.45) is 0 Å². The average Bonchev–Trinajstić information content (AvgIpc) is 2.83. The largest absolute Gasteiger partial charge is 0.465 e. The van der Waals surface area contributed by atoms with Gasteiger partial charge >= 0.3 is 18.1 Å². The van der Waals surface area contributed by atoms with E-state index in [2.05, 4.69) is 9.47 Å². The second-order valence-electron chi connectivity index (χ2n) is 5.43. The molecule has 0 saturated carbocycles. The van der Waals surface area contributed by atoms with Gasteiger partial charge in [-0.05, 0) is 36.8 Å². The maximum atomic E-state index is 14.5. The lowest BCUT2D eigenvalue weighted by atomic mass is 10.1. The Morgan fingerprint density at radius 2 is 1.67 bits per heavy atom. The number of hydrogen-bond acceptors (Lipinski definition) is 5. The zero-order valence-corrected chi connectivity index (χ0v) is 14.6. The standard InChI is InChI=1S/C18H15F4NO4/c1-10-8-14(13(19)9-12(10)18(20,21)22)23-7-5-4-6-11(16(24)26-2)15(23)17(25)27-3/h4-9H,1-3H3. The third-order valence-corrected chi connectivity index (χ3v) is 3.75. The van der Waals surface area contributed by atoms with Crippen LogP contribution >= 0.6 is 0 Å². The van der Waals surface area contributed by atoms with Crippen LogP contribution in [0, 0.1) is 12.7 Å². The molecule has 1 aliphatic heterocycles. The lowest BCUT2D eigenvalue weighted by Crippen LogP contribution is -2.28. The molecule has 0 unspecified atom stereocenters. The first kappa shape index (κ1) is 20.2. The minimum absolute atomic E-state index is 0.244. The van der Waals surface area contributed by atoms with E-state index in [1.165, 1.54) is 24.4 Å². The van der Waals surface area contributed by atoms with Crippen molar-refractivity contribution in [2.45, 2.75) is 13.1 Å². The van der Waals surface area contributed by atoms with E-state index in [1.54, 1.807) is 0 Å². The Balaban J connectivity index is 2.73. The number of hydrogen-bond donors (Lipinski definition) is 0. The summed E-state index contributed by atoms with van der Waals surface area (Å²) in [6.45, 7) is 1.16. The van der Waals surface area contributed by atoms with Gasteiger partial charge in [-0.1, -0.05) is 6.08 Å². The minimum atomic E-state index is -4.74. The molecule has 144 valence electrons. The molecule has 0 amide bonds. The van der Waals surface area contributed by atoms with Gasteiger partial charge in [0, 0.05) is 6.20 Å². The molecule has 0 aliphatic carbocycles. The van der Waals surface area contributed by atoms with Crippen molar-refractivity contribution in [3.05, 3.63) is 64.8 Å². The van der Waals surface area contributed by atoms with Crippen molar-refractivity contribution in [1.29, 1.82) is 0 Å². The lowest BCUT2D eigenvalue weighted by molar-refractivity contribution is -0.139. The van der Waals surface area contributed by atoms with Crippen LogP contribution in [0.2, 0.25) is 0 Å². The lowest BCUT2D eigenvalue weighted by Gasteiger charge is -2.24. The number of anilines is 1. The van der Waals surface area contributed by atoms with Gasteiger partial charge in [0.25, 0.3) is 0 Å². The maximum absolute atomic E-state index is 14.5. The topological polar surface area (TPSA) is 55.8 Å². The summed E-state index contributed by atoms with van der Waals surface area (Å²) in [6, 6.07) is 1.27. The van der Waals surface area contributed by atoms with Gasteiger partial charge in [-0.2, -0.15) is 13.2 Å². The fourth-order valence-electron chi connectivity index (χ4n) is 2.51. The van der Waals surface area contributed by atoms with Crippen molar-refractivity contribution in [2.75, 3.05) is 19.1 Å². The first-order chi connectivity index (χ1) is 12.6. The molecular formula is C18H15F4NO4. The number of rotatable bonds is 3. The molecule has 1 aliphatic rings. The van der Waals surface area contributed by atoms with E-state index in [1.807, 2.05) is 0 Å². The smallest absolute Gasteiger partial charge is 0.416 e. The van der Waals surface area contributed by atoms with Crippen LogP contribution in [0.4, 0.5) is 23.2 Å². The molecule has 0 radical (unpaired) electrons. The molecule has 27 heavy (non-hydrogen) atoms. The molecule has 0 N–H and O–H groups in total. The SMILES string of the molecule is COC(=O)C1=C(C(=O)OC)N(c2cc(C)c(C(F)(F)F)cc2F)C=CC=C1. The van der Waals surface area contributed by atoms with E-state index in [0.717, 1.165) is 32.1 Å². The van der Waals surface area contributed by atoms with Crippen molar-refractivity contribution < 1.29 is 36.6 Å². The number of carbonyl (C=O) groups is 2. The van der Waals surface area contributed by atoms with Crippen molar-refractivity contribution in [3.8, 4) is 0 Å². The summed E-state index contributed by atoms with van der Waals surface area (Å²) in [5.41, 5.74) is -2.40. The Morgan fingerprint density at radius 3 is 2.22 bits per heavy atom. The van der Waals surface area contributed by atoms with Crippen LogP contribution in [0.3, 0.4) is 0 Å². The van der Waals surface area contributed by atoms with E-state index in [9.17, 15) is 27.2 Å². The maximum Gasteiger partial charge on any atom is 0.416 e. The number of halogens is 4. The van der Waals surface area contributed by atoms with Gasteiger partial charge in [0.2, 0.25) is 0 Å². The number of esters is 2. The van der Waals surface area contributed by atoms with Crippen LogP contribution in [-0.2, 0) is 25.2 Å². The van der Waals surface area contributed by atoms with Crippen LogP contribution in [0.15, 0.2) is 47.8 Å². The van der Waals surface area contributed by atoms with Gasteiger partial charge < -0.3 is 14.4 Å². The molecule has 1 aromatic rings. The zero-order valence-electron chi connectivity index (χ0n) is 14.6. The molecule has 0 saturated heterocycles. The van der Waals surface area contributed by atoms with Gasteiger partial charge in [-0.15, -0.1) is 0 Å². The third-order valence-electron chi connectivity index (χ3n) is 3.75. The Kier molecular flexibility index (Phi) is 5.72. The Hall–Kier alpha value is -3.10. The number of benzene rings is 1. The number of aryl methyl sites for hydroxylation is 1. The van der Waals surface area contributed by atoms with Gasteiger partial charge in [-0.3, -0.25) is 0 Å². The number of allylic oxidation sites excluding steroid dienone is 2. The summed E-state index contributed by atoms with van der Waals surface area (Å²) < 4.78 is 62.8. The van der Waals surface area contributed by atoms with E-state index in [4.69, 9.17) is 0 Å². The van der Waals surface area contributed by atoms with Crippen molar-refractivity contribution in [1.82, 2.24) is 0 Å². The molecule has 9 heteroatoms. The highest BCUT2D eigenvalue weighted by atomic mass is 19.4. The number of nitrogens with zero attached hydrogens (tertiary/aromatic N) is 1. The molecule has 5 nitrogen and oxygen atoms in total. The summed E-state index contributed by atoms with van der Waals surface area (Å²) in [4.78, 5) is 25.2. The molecule has 2 rings (SSSR count). The van der Waals surface area contributed by atoms with Crippen LogP contribution in [-0.4, -0.2) is 26.2 Å². The fraction of sp³-hybridized carbons (Fsp3) is 0.222. The summed E-state index contributed by atoms with van der Waals surface area (Å²) in [5.74, 6) is -3.13. The highest BCUT2D eigenvalue weighted by Crippen LogP contribution is 2.37.